The Morgan fingerprint density at radius 2 is 2.16 bits per heavy atom. The highest BCUT2D eigenvalue weighted by molar-refractivity contribution is 5.61. The fraction of sp³-hybridized carbons (Fsp3) is 0.389. The summed E-state index contributed by atoms with van der Waals surface area (Å²) in [5, 5.41) is 6.68. The van der Waals surface area contributed by atoms with Gasteiger partial charge in [0.2, 0.25) is 0 Å². The molecule has 1 atom stereocenters. The van der Waals surface area contributed by atoms with E-state index in [1.165, 1.54) is 0 Å². The van der Waals surface area contributed by atoms with Crippen molar-refractivity contribution in [1.29, 1.82) is 0 Å². The molecule has 132 valence electrons. The maximum absolute atomic E-state index is 5.25. The van der Waals surface area contributed by atoms with Crippen LogP contribution in [0.5, 0.6) is 5.75 Å². The molecule has 3 heterocycles. The second-order valence-corrected chi connectivity index (χ2v) is 5.92. The minimum Gasteiger partial charge on any atom is -0.497 e. The van der Waals surface area contributed by atoms with Crippen molar-refractivity contribution in [2.75, 3.05) is 26.0 Å². The standard InChI is InChI=1S/C18H24N6O/c1-4-5-13(9-19-2)22-17-12-20-10-15(23-17)16-11-21-18-8-14(25-3)6-7-24(16)18/h6-8,10-13,19H,4-5,9H2,1-3H3,(H,22,23). The Balaban J connectivity index is 1.88. The predicted molar refractivity (Wildman–Crippen MR) is 99.0 cm³/mol. The number of hydrogen-bond acceptors (Lipinski definition) is 6. The largest absolute Gasteiger partial charge is 0.497 e. The Kier molecular flexibility index (Phi) is 5.45. The number of nitrogens with zero attached hydrogens (tertiary/aromatic N) is 4. The zero-order valence-electron chi connectivity index (χ0n) is 14.9. The molecule has 0 saturated heterocycles. The summed E-state index contributed by atoms with van der Waals surface area (Å²) < 4.78 is 7.23. The molecule has 0 aliphatic heterocycles. The van der Waals surface area contributed by atoms with E-state index in [1.807, 2.05) is 29.8 Å². The van der Waals surface area contributed by atoms with Crippen LogP contribution in [0.4, 0.5) is 5.82 Å². The van der Waals surface area contributed by atoms with E-state index < -0.39 is 0 Å². The quantitative estimate of drug-likeness (QED) is 0.656. The molecule has 0 aromatic carbocycles. The van der Waals surface area contributed by atoms with E-state index in [4.69, 9.17) is 9.72 Å². The third-order valence-corrected chi connectivity index (χ3v) is 4.06. The molecule has 1 unspecified atom stereocenters. The van der Waals surface area contributed by atoms with Crippen molar-refractivity contribution in [1.82, 2.24) is 24.7 Å². The molecule has 0 amide bonds. The van der Waals surface area contributed by atoms with Gasteiger partial charge in [0.15, 0.2) is 0 Å². The molecule has 3 aromatic heterocycles. The SMILES string of the molecule is CCCC(CNC)Nc1cncc(-c2cnc3cc(OC)ccn23)n1. The molecule has 2 N–H and O–H groups in total. The minimum absolute atomic E-state index is 0.325. The summed E-state index contributed by atoms with van der Waals surface area (Å²) in [6, 6.07) is 4.12. The Morgan fingerprint density at radius 3 is 2.92 bits per heavy atom. The fourth-order valence-electron chi connectivity index (χ4n) is 2.87. The number of hydrogen-bond donors (Lipinski definition) is 2. The maximum Gasteiger partial charge on any atom is 0.145 e. The van der Waals surface area contributed by atoms with E-state index in [-0.39, 0.29) is 0 Å². The van der Waals surface area contributed by atoms with Crippen LogP contribution < -0.4 is 15.4 Å². The van der Waals surface area contributed by atoms with Crippen LogP contribution in [0.3, 0.4) is 0 Å². The van der Waals surface area contributed by atoms with Crippen LogP contribution in [0.2, 0.25) is 0 Å². The molecule has 0 saturated carbocycles. The molecule has 0 bridgehead atoms. The zero-order chi connectivity index (χ0) is 17.6. The van der Waals surface area contributed by atoms with Gasteiger partial charge in [-0.15, -0.1) is 0 Å². The lowest BCUT2D eigenvalue weighted by Gasteiger charge is -2.18. The van der Waals surface area contributed by atoms with Crippen LogP contribution in [-0.4, -0.2) is 46.1 Å². The smallest absolute Gasteiger partial charge is 0.145 e. The van der Waals surface area contributed by atoms with Gasteiger partial charge >= 0.3 is 0 Å². The van der Waals surface area contributed by atoms with Crippen LogP contribution in [0, 0.1) is 0 Å². The summed E-state index contributed by atoms with van der Waals surface area (Å²) in [4.78, 5) is 13.5. The summed E-state index contributed by atoms with van der Waals surface area (Å²) in [5.41, 5.74) is 2.49. The molecule has 3 rings (SSSR count). The van der Waals surface area contributed by atoms with Gasteiger partial charge in [-0.3, -0.25) is 9.38 Å². The van der Waals surface area contributed by atoms with Gasteiger partial charge in [0.05, 0.1) is 31.4 Å². The number of aromatic nitrogens is 4. The fourth-order valence-corrected chi connectivity index (χ4v) is 2.87. The monoisotopic (exact) mass is 340 g/mol. The predicted octanol–water partition coefficient (Wildman–Crippen LogP) is 2.60. The van der Waals surface area contributed by atoms with E-state index >= 15 is 0 Å². The first kappa shape index (κ1) is 17.2. The first-order valence-electron chi connectivity index (χ1n) is 8.49. The third-order valence-electron chi connectivity index (χ3n) is 4.06. The zero-order valence-corrected chi connectivity index (χ0v) is 14.9. The van der Waals surface area contributed by atoms with Gasteiger partial charge in [0.25, 0.3) is 0 Å². The molecule has 0 aliphatic rings. The number of fused-ring (bicyclic) bond motifs is 1. The van der Waals surface area contributed by atoms with Gasteiger partial charge in [-0.25, -0.2) is 9.97 Å². The van der Waals surface area contributed by atoms with Crippen molar-refractivity contribution in [3.8, 4) is 17.1 Å². The highest BCUT2D eigenvalue weighted by Gasteiger charge is 2.11. The highest BCUT2D eigenvalue weighted by atomic mass is 16.5. The Labute approximate surface area is 147 Å². The summed E-state index contributed by atoms with van der Waals surface area (Å²) in [5.74, 6) is 1.55. The van der Waals surface area contributed by atoms with Crippen molar-refractivity contribution >= 4 is 11.5 Å². The number of rotatable bonds is 8. The summed E-state index contributed by atoms with van der Waals surface area (Å²) in [7, 11) is 3.60. The van der Waals surface area contributed by atoms with Crippen LogP contribution in [-0.2, 0) is 0 Å². The minimum atomic E-state index is 0.325. The lowest BCUT2D eigenvalue weighted by molar-refractivity contribution is 0.414. The second kappa shape index (κ2) is 7.94. The number of anilines is 1. The van der Waals surface area contributed by atoms with E-state index in [0.29, 0.717) is 6.04 Å². The molecule has 25 heavy (non-hydrogen) atoms. The summed E-state index contributed by atoms with van der Waals surface area (Å²) in [6.45, 7) is 3.06. The molecule has 0 spiro atoms. The topological polar surface area (TPSA) is 76.4 Å². The number of likely N-dealkylation sites (N-methyl/N-ethyl adjacent to an activating group) is 1. The van der Waals surface area contributed by atoms with Gasteiger partial charge in [0.1, 0.15) is 22.9 Å². The highest BCUT2D eigenvalue weighted by Crippen LogP contribution is 2.22. The molecule has 3 aromatic rings. The normalized spacial score (nSPS) is 12.3. The summed E-state index contributed by atoms with van der Waals surface area (Å²) in [6.07, 6.45) is 9.43. The molecular weight excluding hydrogens is 316 g/mol. The molecule has 7 heteroatoms. The molecular formula is C18H24N6O. The molecule has 0 radical (unpaired) electrons. The number of nitrogens with one attached hydrogen (secondary N) is 2. The van der Waals surface area contributed by atoms with Crippen LogP contribution >= 0.6 is 0 Å². The lowest BCUT2D eigenvalue weighted by atomic mass is 10.1. The molecule has 7 nitrogen and oxygen atoms in total. The van der Waals surface area contributed by atoms with Gasteiger partial charge < -0.3 is 15.4 Å². The van der Waals surface area contributed by atoms with Crippen molar-refractivity contribution in [2.24, 2.45) is 0 Å². The van der Waals surface area contributed by atoms with Gasteiger partial charge in [-0.2, -0.15) is 0 Å². The van der Waals surface area contributed by atoms with Crippen molar-refractivity contribution in [3.05, 3.63) is 36.9 Å². The Morgan fingerprint density at radius 1 is 1.28 bits per heavy atom. The van der Waals surface area contributed by atoms with Gasteiger partial charge in [0, 0.05) is 24.8 Å². The van der Waals surface area contributed by atoms with Gasteiger partial charge in [-0.05, 0) is 19.5 Å². The first-order chi connectivity index (χ1) is 12.2. The van der Waals surface area contributed by atoms with Crippen molar-refractivity contribution < 1.29 is 4.74 Å². The van der Waals surface area contributed by atoms with E-state index in [1.54, 1.807) is 25.7 Å². The van der Waals surface area contributed by atoms with Crippen LogP contribution in [0.1, 0.15) is 19.8 Å². The number of methoxy groups -OCH3 is 1. The van der Waals surface area contributed by atoms with Crippen LogP contribution in [0.15, 0.2) is 36.9 Å². The molecule has 0 fully saturated rings. The second-order valence-electron chi connectivity index (χ2n) is 5.92. The average molecular weight is 340 g/mol. The Bertz CT molecular complexity index is 825. The van der Waals surface area contributed by atoms with Gasteiger partial charge in [-0.1, -0.05) is 13.3 Å². The van der Waals surface area contributed by atoms with Crippen molar-refractivity contribution in [3.63, 3.8) is 0 Å². The number of pyridine rings is 1. The van der Waals surface area contributed by atoms with E-state index in [9.17, 15) is 0 Å². The third kappa shape index (κ3) is 3.88. The Hall–Kier alpha value is -2.67. The first-order valence-corrected chi connectivity index (χ1v) is 8.49. The van der Waals surface area contributed by atoms with E-state index in [0.717, 1.165) is 48.0 Å². The van der Waals surface area contributed by atoms with Crippen LogP contribution in [0.25, 0.3) is 17.0 Å². The number of imidazole rings is 1. The number of ether oxygens (including phenoxy) is 1. The maximum atomic E-state index is 5.25. The van der Waals surface area contributed by atoms with Crippen molar-refractivity contribution in [2.45, 2.75) is 25.8 Å². The molecule has 0 aliphatic carbocycles. The van der Waals surface area contributed by atoms with E-state index in [2.05, 4.69) is 27.5 Å². The lowest BCUT2D eigenvalue weighted by Crippen LogP contribution is -2.31. The summed E-state index contributed by atoms with van der Waals surface area (Å²) >= 11 is 0. The average Bonchev–Trinajstić information content (AvgIpc) is 3.05.